The first kappa shape index (κ1) is 21.0. The van der Waals surface area contributed by atoms with Gasteiger partial charge >= 0.3 is 0 Å². The van der Waals surface area contributed by atoms with Gasteiger partial charge in [-0.1, -0.05) is 6.07 Å². The summed E-state index contributed by atoms with van der Waals surface area (Å²) < 4.78 is 14.3. The molecule has 4 N–H and O–H groups in total. The fraction of sp³-hybridized carbons (Fsp3) is 0.429. The van der Waals surface area contributed by atoms with Crippen LogP contribution in [0.3, 0.4) is 0 Å². The molecule has 0 aliphatic carbocycles. The lowest BCUT2D eigenvalue weighted by molar-refractivity contribution is 0.313. The minimum absolute atomic E-state index is 0.173. The lowest BCUT2D eigenvalue weighted by atomic mass is 10.2. The van der Waals surface area contributed by atoms with E-state index in [1.165, 1.54) is 6.20 Å². The number of nitrogens with two attached hydrogens (primary N) is 1. The van der Waals surface area contributed by atoms with E-state index in [-0.39, 0.29) is 18.3 Å². The van der Waals surface area contributed by atoms with Gasteiger partial charge in [-0.15, -0.1) is 0 Å². The Morgan fingerprint density at radius 2 is 2.03 bits per heavy atom. The van der Waals surface area contributed by atoms with Crippen molar-refractivity contribution < 1.29 is 4.39 Å². The molecule has 0 bridgehead atoms. The van der Waals surface area contributed by atoms with Crippen molar-refractivity contribution in [3.63, 3.8) is 0 Å². The zero-order chi connectivity index (χ0) is 20.8. The van der Waals surface area contributed by atoms with Gasteiger partial charge in [-0.3, -0.25) is 0 Å². The highest BCUT2D eigenvalue weighted by Gasteiger charge is 2.15. The summed E-state index contributed by atoms with van der Waals surface area (Å²) in [5.41, 5.74) is 8.61. The van der Waals surface area contributed by atoms with E-state index in [1.807, 2.05) is 26.0 Å². The highest BCUT2D eigenvalue weighted by atomic mass is 19.1. The number of benzene rings is 1. The number of anilines is 3. The van der Waals surface area contributed by atoms with Gasteiger partial charge < -0.3 is 26.2 Å². The first-order valence-electron chi connectivity index (χ1n) is 9.95. The molecule has 7 nitrogen and oxygen atoms in total. The third-order valence-electron chi connectivity index (χ3n) is 4.83. The maximum atomic E-state index is 14.3. The second kappa shape index (κ2) is 9.67. The van der Waals surface area contributed by atoms with Crippen molar-refractivity contribution in [3.8, 4) is 0 Å². The van der Waals surface area contributed by atoms with Crippen molar-refractivity contribution in [1.29, 1.82) is 0 Å². The average molecular weight is 400 g/mol. The third-order valence-corrected chi connectivity index (χ3v) is 4.83. The van der Waals surface area contributed by atoms with Crippen LogP contribution in [0.4, 0.5) is 21.7 Å². The van der Waals surface area contributed by atoms with E-state index in [2.05, 4.69) is 49.6 Å². The Bertz CT molecular complexity index is 845. The average Bonchev–Trinajstić information content (AvgIpc) is 2.71. The topological polar surface area (TPSA) is 82.3 Å². The predicted octanol–water partition coefficient (Wildman–Crippen LogP) is 2.41. The number of hydrogen-bond acceptors (Lipinski definition) is 7. The molecule has 1 aromatic carbocycles. The summed E-state index contributed by atoms with van der Waals surface area (Å²) in [6.45, 7) is 8.24. The number of aromatic nitrogens is 2. The normalized spacial score (nSPS) is 15.7. The molecule has 2 heterocycles. The number of piperazine rings is 1. The monoisotopic (exact) mass is 399 g/mol. The van der Waals surface area contributed by atoms with Gasteiger partial charge in [0.15, 0.2) is 5.82 Å². The number of nitrogens with one attached hydrogen (secondary N) is 2. The van der Waals surface area contributed by atoms with Crippen LogP contribution >= 0.6 is 0 Å². The molecule has 8 heteroatoms. The quantitative estimate of drug-likeness (QED) is 0.659. The summed E-state index contributed by atoms with van der Waals surface area (Å²) in [5.74, 6) is -0.162. The molecule has 1 aliphatic rings. The summed E-state index contributed by atoms with van der Waals surface area (Å²) in [4.78, 5) is 13.1. The molecule has 0 atom stereocenters. The fourth-order valence-electron chi connectivity index (χ4n) is 3.12. The molecule has 1 aromatic heterocycles. The minimum atomic E-state index is -0.496. The number of halogens is 1. The van der Waals surface area contributed by atoms with E-state index in [4.69, 9.17) is 5.73 Å². The van der Waals surface area contributed by atoms with Gasteiger partial charge in [0.25, 0.3) is 0 Å². The van der Waals surface area contributed by atoms with Crippen LogP contribution in [0.25, 0.3) is 5.57 Å². The summed E-state index contributed by atoms with van der Waals surface area (Å²) >= 11 is 0. The highest BCUT2D eigenvalue weighted by molar-refractivity contribution is 5.66. The molecule has 0 radical (unpaired) electrons. The molecule has 0 unspecified atom stereocenters. The predicted molar refractivity (Wildman–Crippen MR) is 117 cm³/mol. The lowest BCUT2D eigenvalue weighted by Crippen LogP contribution is -2.44. The lowest BCUT2D eigenvalue weighted by Gasteiger charge is -2.34. The van der Waals surface area contributed by atoms with Crippen LogP contribution in [0.15, 0.2) is 36.7 Å². The molecular weight excluding hydrogens is 369 g/mol. The van der Waals surface area contributed by atoms with Crippen molar-refractivity contribution in [3.05, 3.63) is 48.2 Å². The van der Waals surface area contributed by atoms with Crippen molar-refractivity contribution in [2.45, 2.75) is 19.9 Å². The second-order valence-corrected chi connectivity index (χ2v) is 7.55. The van der Waals surface area contributed by atoms with E-state index in [1.54, 1.807) is 6.20 Å². The fourth-order valence-corrected chi connectivity index (χ4v) is 3.12. The van der Waals surface area contributed by atoms with E-state index in [9.17, 15) is 4.39 Å². The molecule has 156 valence electrons. The third kappa shape index (κ3) is 5.65. The van der Waals surface area contributed by atoms with Crippen LogP contribution in [0, 0.1) is 5.82 Å². The molecule has 0 saturated carbocycles. The van der Waals surface area contributed by atoms with Gasteiger partial charge in [-0.05, 0) is 39.1 Å². The summed E-state index contributed by atoms with van der Waals surface area (Å²) in [7, 11) is 2.14. The molecule has 1 saturated heterocycles. The van der Waals surface area contributed by atoms with Gasteiger partial charge in [0.2, 0.25) is 5.95 Å². The first-order chi connectivity index (χ1) is 14.0. The summed E-state index contributed by atoms with van der Waals surface area (Å²) in [6, 6.07) is 8.33. The summed E-state index contributed by atoms with van der Waals surface area (Å²) in [6.07, 6.45) is 2.89. The van der Waals surface area contributed by atoms with Gasteiger partial charge in [0, 0.05) is 61.9 Å². The van der Waals surface area contributed by atoms with Gasteiger partial charge in [0.05, 0.1) is 6.20 Å². The Hall–Kier alpha value is -2.71. The standard InChI is InChI=1S/C21H30FN7/c1-15(2)24-13-16(12-23)20-19(22)14-25-21(27-20)26-17-5-4-6-18(11-17)29-9-7-28(3)8-10-29/h4-6,11,13-15,24H,7-10,12,23H2,1-3H3,(H,25,26,27)/b16-13+. The Morgan fingerprint density at radius 1 is 1.28 bits per heavy atom. The van der Waals surface area contributed by atoms with Gasteiger partial charge in [-0.25, -0.2) is 14.4 Å². The van der Waals surface area contributed by atoms with Crippen molar-refractivity contribution >= 4 is 22.9 Å². The van der Waals surface area contributed by atoms with Gasteiger partial charge in [-0.2, -0.15) is 0 Å². The number of hydrogen-bond donors (Lipinski definition) is 3. The largest absolute Gasteiger partial charge is 0.388 e. The van der Waals surface area contributed by atoms with E-state index in [0.717, 1.165) is 37.6 Å². The van der Waals surface area contributed by atoms with Crippen molar-refractivity contribution in [2.75, 3.05) is 50.0 Å². The number of rotatable bonds is 7. The van der Waals surface area contributed by atoms with Crippen LogP contribution in [0.1, 0.15) is 19.5 Å². The molecule has 1 aliphatic heterocycles. The first-order valence-corrected chi connectivity index (χ1v) is 9.95. The van der Waals surface area contributed by atoms with Crippen LogP contribution in [0.5, 0.6) is 0 Å². The number of nitrogens with zero attached hydrogens (tertiary/aromatic N) is 4. The maximum Gasteiger partial charge on any atom is 0.227 e. The van der Waals surface area contributed by atoms with E-state index < -0.39 is 5.82 Å². The Kier molecular flexibility index (Phi) is 7.00. The molecule has 2 aromatic rings. The minimum Gasteiger partial charge on any atom is -0.388 e. The smallest absolute Gasteiger partial charge is 0.227 e. The molecule has 0 spiro atoms. The van der Waals surface area contributed by atoms with E-state index in [0.29, 0.717) is 11.5 Å². The van der Waals surface area contributed by atoms with Crippen molar-refractivity contribution in [1.82, 2.24) is 20.2 Å². The SMILES string of the molecule is CC(C)N/C=C(\CN)c1nc(Nc2cccc(N3CCN(C)CC3)c2)ncc1F. The van der Waals surface area contributed by atoms with Crippen LogP contribution in [0.2, 0.25) is 0 Å². The highest BCUT2D eigenvalue weighted by Crippen LogP contribution is 2.23. The van der Waals surface area contributed by atoms with Crippen molar-refractivity contribution in [2.24, 2.45) is 5.73 Å². The van der Waals surface area contributed by atoms with Crippen LogP contribution < -0.4 is 21.3 Å². The Morgan fingerprint density at radius 3 is 2.72 bits per heavy atom. The molecule has 0 amide bonds. The van der Waals surface area contributed by atoms with Gasteiger partial charge in [0.1, 0.15) is 5.69 Å². The van der Waals surface area contributed by atoms with Crippen LogP contribution in [-0.2, 0) is 0 Å². The molecule has 29 heavy (non-hydrogen) atoms. The zero-order valence-electron chi connectivity index (χ0n) is 17.3. The molecule has 3 rings (SSSR count). The maximum absolute atomic E-state index is 14.3. The van der Waals surface area contributed by atoms with Crippen LogP contribution in [-0.4, -0.2) is 60.7 Å². The molecule has 1 fully saturated rings. The Balaban J connectivity index is 1.78. The summed E-state index contributed by atoms with van der Waals surface area (Å²) in [5, 5.41) is 6.33. The second-order valence-electron chi connectivity index (χ2n) is 7.55. The zero-order valence-corrected chi connectivity index (χ0v) is 17.3. The van der Waals surface area contributed by atoms with E-state index >= 15 is 0 Å². The number of likely N-dealkylation sites (N-methyl/N-ethyl adjacent to an activating group) is 1. The molecular formula is C21H30FN7. The Labute approximate surface area is 171 Å².